The highest BCUT2D eigenvalue weighted by atomic mass is 35.5. The van der Waals surface area contributed by atoms with Crippen molar-refractivity contribution in [2.45, 2.75) is 6.04 Å². The molecule has 0 aliphatic carbocycles. The first-order chi connectivity index (χ1) is 8.63. The van der Waals surface area contributed by atoms with Gasteiger partial charge in [-0.25, -0.2) is 5.43 Å². The van der Waals surface area contributed by atoms with Crippen molar-refractivity contribution in [1.82, 2.24) is 5.43 Å². The Labute approximate surface area is 121 Å². The molecule has 0 fully saturated rings. The van der Waals surface area contributed by atoms with Crippen LogP contribution in [0.15, 0.2) is 42.5 Å². The van der Waals surface area contributed by atoms with Crippen molar-refractivity contribution in [2.75, 3.05) is 0 Å². The third kappa shape index (κ3) is 2.79. The lowest BCUT2D eigenvalue weighted by Gasteiger charge is -2.19. The van der Waals surface area contributed by atoms with E-state index in [4.69, 9.17) is 40.6 Å². The van der Waals surface area contributed by atoms with Gasteiger partial charge in [0.15, 0.2) is 0 Å². The number of hydrogen-bond donors (Lipinski definition) is 2. The lowest BCUT2D eigenvalue weighted by atomic mass is 9.99. The molecule has 0 saturated heterocycles. The lowest BCUT2D eigenvalue weighted by molar-refractivity contribution is 0.637. The van der Waals surface area contributed by atoms with Gasteiger partial charge in [-0.05, 0) is 29.3 Å². The molecule has 1 unspecified atom stereocenters. The van der Waals surface area contributed by atoms with E-state index in [1.807, 2.05) is 30.3 Å². The van der Waals surface area contributed by atoms with Gasteiger partial charge in [-0.2, -0.15) is 0 Å². The van der Waals surface area contributed by atoms with E-state index in [-0.39, 0.29) is 6.04 Å². The molecule has 1 atom stereocenters. The molecule has 0 aliphatic rings. The van der Waals surface area contributed by atoms with Crippen molar-refractivity contribution >= 4 is 34.8 Å². The molecule has 3 N–H and O–H groups in total. The number of nitrogens with one attached hydrogen (secondary N) is 1. The Bertz CT molecular complexity index is 558. The van der Waals surface area contributed by atoms with Gasteiger partial charge in [-0.1, -0.05) is 59.1 Å². The summed E-state index contributed by atoms with van der Waals surface area (Å²) in [4.78, 5) is 0. The summed E-state index contributed by atoms with van der Waals surface area (Å²) in [6, 6.07) is 12.5. The number of halogens is 3. The van der Waals surface area contributed by atoms with E-state index >= 15 is 0 Å². The van der Waals surface area contributed by atoms with Gasteiger partial charge in [0.25, 0.3) is 0 Å². The maximum Gasteiger partial charge on any atom is 0.0738 e. The first kappa shape index (κ1) is 13.7. The Balaban J connectivity index is 2.49. The number of hydrogen-bond acceptors (Lipinski definition) is 2. The molecule has 2 aromatic carbocycles. The fourth-order valence-electron chi connectivity index (χ4n) is 1.79. The second-order valence-electron chi connectivity index (χ2n) is 3.79. The lowest BCUT2D eigenvalue weighted by Crippen LogP contribution is -2.29. The van der Waals surface area contributed by atoms with Crippen LogP contribution in [0.1, 0.15) is 17.2 Å². The average Bonchev–Trinajstić information content (AvgIpc) is 2.34. The molecule has 0 saturated carbocycles. The predicted molar refractivity (Wildman–Crippen MR) is 77.1 cm³/mol. The van der Waals surface area contributed by atoms with Crippen LogP contribution in [0.5, 0.6) is 0 Å². The molecule has 2 aromatic rings. The topological polar surface area (TPSA) is 38.0 Å². The quantitative estimate of drug-likeness (QED) is 0.658. The van der Waals surface area contributed by atoms with Gasteiger partial charge < -0.3 is 0 Å². The summed E-state index contributed by atoms with van der Waals surface area (Å²) in [5, 5.41) is 1.76. The van der Waals surface area contributed by atoms with Crippen LogP contribution in [0.2, 0.25) is 15.1 Å². The van der Waals surface area contributed by atoms with E-state index in [1.54, 1.807) is 12.1 Å². The van der Waals surface area contributed by atoms with Crippen molar-refractivity contribution < 1.29 is 0 Å². The monoisotopic (exact) mass is 300 g/mol. The van der Waals surface area contributed by atoms with Gasteiger partial charge in [0, 0.05) is 15.1 Å². The summed E-state index contributed by atoms with van der Waals surface area (Å²) >= 11 is 18.2. The SMILES string of the molecule is NNC(c1ccccc1Cl)c1ccc(Cl)cc1Cl. The molecule has 0 bridgehead atoms. The number of hydrazine groups is 1. The summed E-state index contributed by atoms with van der Waals surface area (Å²) in [5.41, 5.74) is 4.42. The zero-order chi connectivity index (χ0) is 13.1. The normalized spacial score (nSPS) is 12.4. The summed E-state index contributed by atoms with van der Waals surface area (Å²) in [7, 11) is 0. The van der Waals surface area contributed by atoms with Crippen LogP contribution in [0.4, 0.5) is 0 Å². The minimum atomic E-state index is -0.275. The first-order valence-corrected chi connectivity index (χ1v) is 6.42. The van der Waals surface area contributed by atoms with E-state index < -0.39 is 0 Å². The van der Waals surface area contributed by atoms with Crippen molar-refractivity contribution in [2.24, 2.45) is 5.84 Å². The molecule has 2 rings (SSSR count). The highest BCUT2D eigenvalue weighted by molar-refractivity contribution is 6.35. The Morgan fingerprint density at radius 1 is 0.889 bits per heavy atom. The number of benzene rings is 2. The van der Waals surface area contributed by atoms with Crippen LogP contribution < -0.4 is 11.3 Å². The average molecular weight is 302 g/mol. The first-order valence-electron chi connectivity index (χ1n) is 5.29. The molecular formula is C13H11Cl3N2. The van der Waals surface area contributed by atoms with Crippen LogP contribution >= 0.6 is 34.8 Å². The van der Waals surface area contributed by atoms with Crippen molar-refractivity contribution in [1.29, 1.82) is 0 Å². The second kappa shape index (κ2) is 5.91. The minimum absolute atomic E-state index is 0.275. The molecule has 0 heterocycles. The molecule has 94 valence electrons. The molecule has 18 heavy (non-hydrogen) atoms. The third-order valence-corrected chi connectivity index (χ3v) is 3.56. The number of nitrogens with two attached hydrogens (primary N) is 1. The van der Waals surface area contributed by atoms with E-state index in [0.29, 0.717) is 15.1 Å². The molecule has 5 heteroatoms. The maximum atomic E-state index is 6.18. The molecule has 0 aromatic heterocycles. The largest absolute Gasteiger partial charge is 0.271 e. The van der Waals surface area contributed by atoms with E-state index in [0.717, 1.165) is 11.1 Å². The summed E-state index contributed by atoms with van der Waals surface area (Å²) in [6.45, 7) is 0. The Hall–Kier alpha value is -0.770. The predicted octanol–water partition coefficient (Wildman–Crippen LogP) is 4.20. The standard InChI is InChI=1S/C13H11Cl3N2/c14-8-5-6-10(12(16)7-8)13(18-17)9-3-1-2-4-11(9)15/h1-7,13,18H,17H2. The molecular weight excluding hydrogens is 291 g/mol. The zero-order valence-electron chi connectivity index (χ0n) is 9.33. The van der Waals surface area contributed by atoms with Crippen molar-refractivity contribution in [3.63, 3.8) is 0 Å². The highest BCUT2D eigenvalue weighted by Crippen LogP contribution is 2.32. The molecule has 0 amide bonds. The Morgan fingerprint density at radius 3 is 2.17 bits per heavy atom. The van der Waals surface area contributed by atoms with Gasteiger partial charge in [-0.3, -0.25) is 5.84 Å². The Kier molecular flexibility index (Phi) is 4.49. The fourth-order valence-corrected chi connectivity index (χ4v) is 2.55. The highest BCUT2D eigenvalue weighted by Gasteiger charge is 2.17. The third-order valence-electron chi connectivity index (χ3n) is 2.66. The van der Waals surface area contributed by atoms with Gasteiger partial charge >= 0.3 is 0 Å². The van der Waals surface area contributed by atoms with Crippen LogP contribution in [-0.2, 0) is 0 Å². The van der Waals surface area contributed by atoms with Crippen molar-refractivity contribution in [3.8, 4) is 0 Å². The summed E-state index contributed by atoms with van der Waals surface area (Å²) in [6.07, 6.45) is 0. The second-order valence-corrected chi connectivity index (χ2v) is 5.04. The maximum absolute atomic E-state index is 6.18. The van der Waals surface area contributed by atoms with Gasteiger partial charge in [0.05, 0.1) is 6.04 Å². The molecule has 0 aliphatic heterocycles. The summed E-state index contributed by atoms with van der Waals surface area (Å²) in [5.74, 6) is 5.61. The Morgan fingerprint density at radius 2 is 1.56 bits per heavy atom. The van der Waals surface area contributed by atoms with Gasteiger partial charge in [0.1, 0.15) is 0 Å². The van der Waals surface area contributed by atoms with Crippen molar-refractivity contribution in [3.05, 3.63) is 68.7 Å². The smallest absolute Gasteiger partial charge is 0.0738 e. The van der Waals surface area contributed by atoms with Crippen LogP contribution in [0.3, 0.4) is 0 Å². The van der Waals surface area contributed by atoms with Crippen LogP contribution in [-0.4, -0.2) is 0 Å². The minimum Gasteiger partial charge on any atom is -0.271 e. The summed E-state index contributed by atoms with van der Waals surface area (Å²) < 4.78 is 0. The van der Waals surface area contributed by atoms with E-state index in [2.05, 4.69) is 5.43 Å². The zero-order valence-corrected chi connectivity index (χ0v) is 11.6. The molecule has 0 spiro atoms. The van der Waals surface area contributed by atoms with E-state index in [1.165, 1.54) is 0 Å². The number of rotatable bonds is 3. The van der Waals surface area contributed by atoms with E-state index in [9.17, 15) is 0 Å². The van der Waals surface area contributed by atoms with Crippen LogP contribution in [0.25, 0.3) is 0 Å². The van der Waals surface area contributed by atoms with Crippen LogP contribution in [0, 0.1) is 0 Å². The molecule has 2 nitrogen and oxygen atoms in total. The van der Waals surface area contributed by atoms with Gasteiger partial charge in [-0.15, -0.1) is 0 Å². The van der Waals surface area contributed by atoms with Gasteiger partial charge in [0.2, 0.25) is 0 Å². The fraction of sp³-hybridized carbons (Fsp3) is 0.0769. The molecule has 0 radical (unpaired) electrons.